The van der Waals surface area contributed by atoms with Gasteiger partial charge in [0, 0.05) is 6.07 Å². The maximum absolute atomic E-state index is 10.9. The number of rotatable bonds is 4. The van der Waals surface area contributed by atoms with Gasteiger partial charge in [0.25, 0.3) is 5.69 Å². The normalized spacial score (nSPS) is 16.3. The molecule has 0 bridgehead atoms. The highest BCUT2D eigenvalue weighted by atomic mass is 16.6. The lowest BCUT2D eigenvalue weighted by atomic mass is 10.1. The number of nitro benzene ring substituents is 1. The van der Waals surface area contributed by atoms with Crippen molar-refractivity contribution in [2.45, 2.75) is 18.9 Å². The van der Waals surface area contributed by atoms with E-state index in [4.69, 9.17) is 10.3 Å². The van der Waals surface area contributed by atoms with E-state index in [1.807, 2.05) is 0 Å². The Kier molecular flexibility index (Phi) is 2.75. The molecule has 1 heterocycles. The first-order chi connectivity index (χ1) is 9.16. The molecule has 1 aromatic carbocycles. The van der Waals surface area contributed by atoms with Crippen LogP contribution in [-0.4, -0.2) is 15.1 Å². The molecule has 0 spiro atoms. The van der Waals surface area contributed by atoms with Crippen LogP contribution in [0.3, 0.4) is 0 Å². The first kappa shape index (κ1) is 11.8. The van der Waals surface area contributed by atoms with Crippen molar-refractivity contribution in [3.63, 3.8) is 0 Å². The molecule has 0 aliphatic heterocycles. The number of nitrogens with two attached hydrogens (primary N) is 1. The molecule has 2 aromatic rings. The molecule has 0 radical (unpaired) electrons. The summed E-state index contributed by atoms with van der Waals surface area (Å²) in [7, 11) is 0. The van der Waals surface area contributed by atoms with Crippen molar-refractivity contribution in [3.05, 3.63) is 40.3 Å². The zero-order chi connectivity index (χ0) is 13.4. The zero-order valence-electron chi connectivity index (χ0n) is 10.0. The average Bonchev–Trinajstić information content (AvgIpc) is 3.15. The van der Waals surface area contributed by atoms with Gasteiger partial charge in [-0.25, -0.2) is 0 Å². The van der Waals surface area contributed by atoms with Crippen molar-refractivity contribution in [2.75, 3.05) is 0 Å². The summed E-state index contributed by atoms with van der Waals surface area (Å²) in [5.41, 5.74) is 6.25. The molecule has 1 atom stereocenters. The van der Waals surface area contributed by atoms with Gasteiger partial charge in [-0.05, 0) is 24.8 Å². The van der Waals surface area contributed by atoms with Crippen LogP contribution in [0.25, 0.3) is 11.4 Å². The summed E-state index contributed by atoms with van der Waals surface area (Å²) in [4.78, 5) is 14.7. The van der Waals surface area contributed by atoms with Crippen LogP contribution in [0, 0.1) is 16.0 Å². The second kappa shape index (κ2) is 4.43. The molecule has 1 aromatic heterocycles. The molecule has 19 heavy (non-hydrogen) atoms. The number of hydrogen-bond donors (Lipinski definition) is 1. The van der Waals surface area contributed by atoms with E-state index in [-0.39, 0.29) is 17.6 Å². The molecular formula is C12H12N4O3. The van der Waals surface area contributed by atoms with Crippen molar-refractivity contribution >= 4 is 5.69 Å². The Labute approximate surface area is 108 Å². The van der Waals surface area contributed by atoms with Crippen LogP contribution in [0.1, 0.15) is 24.8 Å². The molecule has 1 aliphatic carbocycles. The summed E-state index contributed by atoms with van der Waals surface area (Å²) in [5.74, 6) is 0.938. The highest BCUT2D eigenvalue weighted by Crippen LogP contribution is 2.39. The Morgan fingerprint density at radius 2 is 2.16 bits per heavy atom. The summed E-state index contributed by atoms with van der Waals surface area (Å²) < 4.78 is 5.11. The molecule has 7 heteroatoms. The smallest absolute Gasteiger partial charge is 0.280 e. The fourth-order valence-electron chi connectivity index (χ4n) is 1.96. The molecule has 98 valence electrons. The van der Waals surface area contributed by atoms with Crippen molar-refractivity contribution < 1.29 is 9.45 Å². The number of nitrogens with zero attached hydrogens (tertiary/aromatic N) is 3. The second-order valence-electron chi connectivity index (χ2n) is 4.59. The average molecular weight is 260 g/mol. The lowest BCUT2D eigenvalue weighted by Crippen LogP contribution is -2.12. The SMILES string of the molecule is NC(c1nc(-c2ccccc2[N+](=O)[O-])no1)C1CC1. The third kappa shape index (κ3) is 2.19. The van der Waals surface area contributed by atoms with E-state index in [0.717, 1.165) is 12.8 Å². The Bertz CT molecular complexity index is 621. The molecule has 0 saturated heterocycles. The van der Waals surface area contributed by atoms with Crippen molar-refractivity contribution in [3.8, 4) is 11.4 Å². The Hall–Kier alpha value is -2.28. The summed E-state index contributed by atoms with van der Waals surface area (Å²) >= 11 is 0. The van der Waals surface area contributed by atoms with Gasteiger partial charge in [0.1, 0.15) is 5.56 Å². The van der Waals surface area contributed by atoms with Gasteiger partial charge in [0.2, 0.25) is 11.7 Å². The molecule has 2 N–H and O–H groups in total. The standard InChI is InChI=1S/C12H12N4O3/c13-10(7-5-6-7)12-14-11(15-19-12)8-3-1-2-4-9(8)16(17)18/h1-4,7,10H,5-6,13H2. The molecule has 1 saturated carbocycles. The van der Waals surface area contributed by atoms with Gasteiger partial charge in [-0.15, -0.1) is 0 Å². The van der Waals surface area contributed by atoms with E-state index in [9.17, 15) is 10.1 Å². The monoisotopic (exact) mass is 260 g/mol. The largest absolute Gasteiger partial charge is 0.337 e. The first-order valence-electron chi connectivity index (χ1n) is 6.00. The van der Waals surface area contributed by atoms with Gasteiger partial charge in [-0.3, -0.25) is 10.1 Å². The predicted molar refractivity (Wildman–Crippen MR) is 66.0 cm³/mol. The minimum atomic E-state index is -0.466. The summed E-state index contributed by atoms with van der Waals surface area (Å²) in [6.07, 6.45) is 2.12. The van der Waals surface area contributed by atoms with Gasteiger partial charge in [0.15, 0.2) is 0 Å². The Morgan fingerprint density at radius 1 is 1.42 bits per heavy atom. The number of para-hydroxylation sites is 1. The van der Waals surface area contributed by atoms with E-state index in [1.165, 1.54) is 6.07 Å². The fraction of sp³-hybridized carbons (Fsp3) is 0.333. The third-order valence-corrected chi connectivity index (χ3v) is 3.20. The minimum absolute atomic E-state index is 0.0464. The van der Waals surface area contributed by atoms with E-state index < -0.39 is 4.92 Å². The van der Waals surface area contributed by atoms with E-state index in [2.05, 4.69) is 10.1 Å². The van der Waals surface area contributed by atoms with Gasteiger partial charge < -0.3 is 10.3 Å². The van der Waals surface area contributed by atoms with E-state index >= 15 is 0 Å². The fourth-order valence-corrected chi connectivity index (χ4v) is 1.96. The lowest BCUT2D eigenvalue weighted by Gasteiger charge is -2.01. The molecule has 1 fully saturated rings. The maximum atomic E-state index is 10.9. The molecule has 0 amide bonds. The van der Waals surface area contributed by atoms with Crippen LogP contribution < -0.4 is 5.73 Å². The van der Waals surface area contributed by atoms with E-state index in [0.29, 0.717) is 17.4 Å². The van der Waals surface area contributed by atoms with Crippen LogP contribution in [-0.2, 0) is 0 Å². The van der Waals surface area contributed by atoms with Gasteiger partial charge >= 0.3 is 0 Å². The van der Waals surface area contributed by atoms with Crippen molar-refractivity contribution in [1.29, 1.82) is 0 Å². The van der Waals surface area contributed by atoms with Gasteiger partial charge in [-0.2, -0.15) is 4.98 Å². The van der Waals surface area contributed by atoms with Crippen LogP contribution in [0.15, 0.2) is 28.8 Å². The quantitative estimate of drug-likeness (QED) is 0.665. The van der Waals surface area contributed by atoms with Crippen LogP contribution in [0.2, 0.25) is 0 Å². The number of hydrogen-bond acceptors (Lipinski definition) is 6. The van der Waals surface area contributed by atoms with Gasteiger partial charge in [-0.1, -0.05) is 17.3 Å². The van der Waals surface area contributed by atoms with Crippen molar-refractivity contribution in [1.82, 2.24) is 10.1 Å². The second-order valence-corrected chi connectivity index (χ2v) is 4.59. The molecule has 1 aliphatic rings. The summed E-state index contributed by atoms with van der Waals surface area (Å²) in [6.45, 7) is 0. The molecule has 7 nitrogen and oxygen atoms in total. The topological polar surface area (TPSA) is 108 Å². The molecule has 3 rings (SSSR count). The zero-order valence-corrected chi connectivity index (χ0v) is 10.0. The third-order valence-electron chi connectivity index (χ3n) is 3.20. The minimum Gasteiger partial charge on any atom is -0.337 e. The van der Waals surface area contributed by atoms with Crippen molar-refractivity contribution in [2.24, 2.45) is 11.7 Å². The summed E-state index contributed by atoms with van der Waals surface area (Å²) in [5, 5.41) is 14.7. The molecule has 1 unspecified atom stereocenters. The lowest BCUT2D eigenvalue weighted by molar-refractivity contribution is -0.384. The number of aromatic nitrogens is 2. The summed E-state index contributed by atoms with van der Waals surface area (Å²) in [6, 6.07) is 6.02. The van der Waals surface area contributed by atoms with E-state index in [1.54, 1.807) is 18.2 Å². The van der Waals surface area contributed by atoms with Crippen LogP contribution in [0.5, 0.6) is 0 Å². The highest BCUT2D eigenvalue weighted by Gasteiger charge is 2.33. The highest BCUT2D eigenvalue weighted by molar-refractivity contribution is 5.67. The number of benzene rings is 1. The molecular weight excluding hydrogens is 248 g/mol. The van der Waals surface area contributed by atoms with Crippen LogP contribution >= 0.6 is 0 Å². The number of nitro groups is 1. The maximum Gasteiger partial charge on any atom is 0.280 e. The predicted octanol–water partition coefficient (Wildman–Crippen LogP) is 2.05. The first-order valence-corrected chi connectivity index (χ1v) is 6.00. The Balaban J connectivity index is 1.96. The Morgan fingerprint density at radius 3 is 2.84 bits per heavy atom. The van der Waals surface area contributed by atoms with Crippen LogP contribution in [0.4, 0.5) is 5.69 Å². The van der Waals surface area contributed by atoms with Gasteiger partial charge in [0.05, 0.1) is 11.0 Å².